The van der Waals surface area contributed by atoms with Crippen LogP contribution in [0.25, 0.3) is 10.9 Å². The Morgan fingerprint density at radius 1 is 1.09 bits per heavy atom. The fourth-order valence-corrected chi connectivity index (χ4v) is 3.80. The number of aromatic nitrogens is 1. The summed E-state index contributed by atoms with van der Waals surface area (Å²) in [7, 11) is 0. The van der Waals surface area contributed by atoms with Gasteiger partial charge in [0.05, 0.1) is 16.1 Å². The van der Waals surface area contributed by atoms with E-state index >= 15 is 0 Å². The molecule has 0 fully saturated rings. The minimum absolute atomic E-state index is 0.0608. The zero-order chi connectivity index (χ0) is 16.2. The van der Waals surface area contributed by atoms with Crippen LogP contribution in [0.2, 0.25) is 0 Å². The minimum atomic E-state index is -2.98. The molecule has 0 saturated heterocycles. The van der Waals surface area contributed by atoms with Gasteiger partial charge in [-0.05, 0) is 37.4 Å². The number of benzene rings is 1. The molecule has 4 rings (SSSR count). The molecule has 0 spiro atoms. The molecule has 0 bridgehead atoms. The van der Waals surface area contributed by atoms with Crippen molar-refractivity contribution in [3.8, 4) is 0 Å². The summed E-state index contributed by atoms with van der Waals surface area (Å²) >= 11 is 1.30. The zero-order valence-corrected chi connectivity index (χ0v) is 13.5. The van der Waals surface area contributed by atoms with E-state index in [1.807, 2.05) is 30.3 Å². The number of para-hydroxylation sites is 1. The molecule has 0 aliphatic carbocycles. The van der Waals surface area contributed by atoms with Crippen molar-refractivity contribution >= 4 is 28.0 Å². The van der Waals surface area contributed by atoms with Gasteiger partial charge in [-0.1, -0.05) is 18.2 Å². The number of halogens is 2. The van der Waals surface area contributed by atoms with E-state index in [1.54, 1.807) is 11.6 Å². The third kappa shape index (κ3) is 2.03. The van der Waals surface area contributed by atoms with Gasteiger partial charge in [0, 0.05) is 22.7 Å². The van der Waals surface area contributed by atoms with Gasteiger partial charge in [-0.25, -0.2) is 0 Å². The van der Waals surface area contributed by atoms with Crippen LogP contribution in [-0.2, 0) is 5.92 Å². The standard InChI is InChI=1S/C18H14F2N2S/c1-17(2)18(19,20)13-7-8-23-16(13)15(22-17)12-9-11-5-3-4-6-14(11)21-10-12/h3-10H,1-2H3. The fraction of sp³-hybridized carbons (Fsp3) is 0.222. The molecule has 2 nitrogen and oxygen atoms in total. The van der Waals surface area contributed by atoms with Crippen LogP contribution in [0, 0.1) is 0 Å². The van der Waals surface area contributed by atoms with Crippen LogP contribution in [-0.4, -0.2) is 16.2 Å². The first kappa shape index (κ1) is 14.5. The van der Waals surface area contributed by atoms with Crippen molar-refractivity contribution in [2.24, 2.45) is 4.99 Å². The lowest BCUT2D eigenvalue weighted by Crippen LogP contribution is -2.43. The average molecular weight is 328 g/mol. The normalized spacial score (nSPS) is 18.5. The van der Waals surface area contributed by atoms with Crippen molar-refractivity contribution in [2.75, 3.05) is 0 Å². The lowest BCUT2D eigenvalue weighted by Gasteiger charge is -2.35. The highest BCUT2D eigenvalue weighted by molar-refractivity contribution is 7.12. The molecular formula is C18H14F2N2S. The van der Waals surface area contributed by atoms with Gasteiger partial charge in [-0.15, -0.1) is 11.3 Å². The second kappa shape index (κ2) is 4.68. The monoisotopic (exact) mass is 328 g/mol. The molecule has 3 heterocycles. The third-order valence-electron chi connectivity index (χ3n) is 4.24. The van der Waals surface area contributed by atoms with Crippen LogP contribution in [0.3, 0.4) is 0 Å². The van der Waals surface area contributed by atoms with Gasteiger partial charge >= 0.3 is 0 Å². The molecule has 1 aliphatic rings. The Hall–Kier alpha value is -2.14. The van der Waals surface area contributed by atoms with Gasteiger partial charge in [0.2, 0.25) is 0 Å². The number of hydrogen-bond acceptors (Lipinski definition) is 3. The van der Waals surface area contributed by atoms with Crippen molar-refractivity contribution in [1.82, 2.24) is 4.98 Å². The molecule has 23 heavy (non-hydrogen) atoms. The largest absolute Gasteiger partial charge is 0.298 e. The lowest BCUT2D eigenvalue weighted by molar-refractivity contribution is -0.0677. The molecule has 3 aromatic rings. The summed E-state index contributed by atoms with van der Waals surface area (Å²) in [6.45, 7) is 2.95. The van der Waals surface area contributed by atoms with Gasteiger partial charge in [0.15, 0.2) is 0 Å². The molecule has 1 aromatic carbocycles. The van der Waals surface area contributed by atoms with E-state index in [1.165, 1.54) is 31.3 Å². The summed E-state index contributed by atoms with van der Waals surface area (Å²) in [5.41, 5.74) is 0.830. The number of alkyl halides is 2. The summed E-state index contributed by atoms with van der Waals surface area (Å²) in [6.07, 6.45) is 1.71. The summed E-state index contributed by atoms with van der Waals surface area (Å²) < 4.78 is 29.3. The second-order valence-corrected chi connectivity index (χ2v) is 7.09. The molecular weight excluding hydrogens is 314 g/mol. The number of thiophene rings is 1. The number of aliphatic imine (C=N–C) groups is 1. The molecule has 0 amide bonds. The maximum absolute atomic E-state index is 14.6. The first-order valence-corrected chi connectivity index (χ1v) is 8.19. The highest BCUT2D eigenvalue weighted by Crippen LogP contribution is 2.48. The van der Waals surface area contributed by atoms with E-state index in [9.17, 15) is 8.78 Å². The molecule has 1 aliphatic heterocycles. The van der Waals surface area contributed by atoms with Crippen molar-refractivity contribution in [1.29, 1.82) is 0 Å². The van der Waals surface area contributed by atoms with E-state index in [-0.39, 0.29) is 5.56 Å². The Morgan fingerprint density at radius 3 is 2.70 bits per heavy atom. The Labute approximate surface area is 136 Å². The van der Waals surface area contributed by atoms with Crippen LogP contribution in [0.4, 0.5) is 8.78 Å². The molecule has 0 unspecified atom stereocenters. The van der Waals surface area contributed by atoms with Gasteiger partial charge in [0.25, 0.3) is 5.92 Å². The predicted octanol–water partition coefficient (Wildman–Crippen LogP) is 5.02. The van der Waals surface area contributed by atoms with E-state index < -0.39 is 11.5 Å². The van der Waals surface area contributed by atoms with Crippen molar-refractivity contribution < 1.29 is 8.78 Å². The average Bonchev–Trinajstić information content (AvgIpc) is 3.01. The number of hydrogen-bond donors (Lipinski definition) is 0. The first-order valence-electron chi connectivity index (χ1n) is 7.31. The topological polar surface area (TPSA) is 25.2 Å². The summed E-state index contributed by atoms with van der Waals surface area (Å²) in [6, 6.07) is 11.2. The number of rotatable bonds is 1. The van der Waals surface area contributed by atoms with E-state index in [4.69, 9.17) is 0 Å². The smallest absolute Gasteiger partial charge is 0.270 e. The SMILES string of the molecule is CC1(C)N=C(c2cnc3ccccc3c2)c2sccc2C1(F)F. The zero-order valence-electron chi connectivity index (χ0n) is 12.7. The summed E-state index contributed by atoms with van der Waals surface area (Å²) in [5, 5.41) is 2.67. The molecule has 0 atom stereocenters. The summed E-state index contributed by atoms with van der Waals surface area (Å²) in [4.78, 5) is 9.36. The number of fused-ring (bicyclic) bond motifs is 2. The van der Waals surface area contributed by atoms with Crippen molar-refractivity contribution in [3.05, 3.63) is 64.0 Å². The minimum Gasteiger partial charge on any atom is -0.270 e. The lowest BCUT2D eigenvalue weighted by atomic mass is 9.86. The van der Waals surface area contributed by atoms with Gasteiger partial charge in [0.1, 0.15) is 5.54 Å². The summed E-state index contributed by atoms with van der Waals surface area (Å²) in [5.74, 6) is -2.98. The van der Waals surface area contributed by atoms with Crippen molar-refractivity contribution in [2.45, 2.75) is 25.3 Å². The van der Waals surface area contributed by atoms with Gasteiger partial charge < -0.3 is 0 Å². The molecule has 0 saturated carbocycles. The Balaban J connectivity index is 1.95. The van der Waals surface area contributed by atoms with Crippen LogP contribution in [0.5, 0.6) is 0 Å². The quantitative estimate of drug-likeness (QED) is 0.616. The molecule has 116 valence electrons. The van der Waals surface area contributed by atoms with Gasteiger partial charge in [-0.2, -0.15) is 8.78 Å². The van der Waals surface area contributed by atoms with Crippen LogP contribution >= 0.6 is 11.3 Å². The highest BCUT2D eigenvalue weighted by atomic mass is 32.1. The second-order valence-electron chi connectivity index (χ2n) is 6.17. The molecule has 5 heteroatoms. The molecule has 0 radical (unpaired) electrons. The third-order valence-corrected chi connectivity index (χ3v) is 5.16. The molecule has 2 aromatic heterocycles. The van der Waals surface area contributed by atoms with Crippen LogP contribution < -0.4 is 0 Å². The maximum atomic E-state index is 14.6. The Kier molecular flexibility index (Phi) is 2.94. The van der Waals surface area contributed by atoms with Crippen molar-refractivity contribution in [3.63, 3.8) is 0 Å². The molecule has 0 N–H and O–H groups in total. The van der Waals surface area contributed by atoms with Gasteiger partial charge in [-0.3, -0.25) is 9.98 Å². The maximum Gasteiger partial charge on any atom is 0.298 e. The number of pyridine rings is 1. The Bertz CT molecular complexity index is 941. The van der Waals surface area contributed by atoms with Crippen LogP contribution in [0.15, 0.2) is 53.0 Å². The van der Waals surface area contributed by atoms with E-state index in [0.29, 0.717) is 10.6 Å². The first-order chi connectivity index (χ1) is 10.9. The van der Waals surface area contributed by atoms with E-state index in [2.05, 4.69) is 9.98 Å². The number of nitrogens with zero attached hydrogens (tertiary/aromatic N) is 2. The predicted molar refractivity (Wildman–Crippen MR) is 89.7 cm³/mol. The van der Waals surface area contributed by atoms with E-state index in [0.717, 1.165) is 16.5 Å². The Morgan fingerprint density at radius 2 is 1.87 bits per heavy atom. The fourth-order valence-electron chi connectivity index (χ4n) is 2.87. The highest BCUT2D eigenvalue weighted by Gasteiger charge is 2.53. The van der Waals surface area contributed by atoms with Crippen LogP contribution in [0.1, 0.15) is 29.9 Å².